The molecular weight excluding hydrogens is 380 g/mol. The van der Waals surface area contributed by atoms with Gasteiger partial charge >= 0.3 is 0 Å². The fourth-order valence-corrected chi connectivity index (χ4v) is 3.23. The molecule has 0 saturated carbocycles. The Morgan fingerprint density at radius 2 is 1.96 bits per heavy atom. The lowest BCUT2D eigenvalue weighted by Gasteiger charge is -2.27. The summed E-state index contributed by atoms with van der Waals surface area (Å²) in [5.41, 5.74) is 0.783. The van der Waals surface area contributed by atoms with Crippen LogP contribution in [-0.4, -0.2) is 52.9 Å². The number of nitrogens with zero attached hydrogens (tertiary/aromatic N) is 5. The molecule has 1 aromatic carbocycles. The molecule has 10 heteroatoms. The Hall–Kier alpha value is -2.52. The maximum Gasteiger partial charge on any atom is 0.296 e. The van der Waals surface area contributed by atoms with Crippen LogP contribution in [0.4, 0.5) is 14.7 Å². The first kappa shape index (κ1) is 17.9. The van der Waals surface area contributed by atoms with Crippen molar-refractivity contribution in [3.8, 4) is 11.6 Å². The molecule has 1 saturated heterocycles. The number of methoxy groups -OCH3 is 1. The van der Waals surface area contributed by atoms with Gasteiger partial charge in [-0.2, -0.15) is 4.98 Å². The fraction of sp³-hybridized carbons (Fsp3) is 0.353. The molecule has 142 valence electrons. The maximum absolute atomic E-state index is 13.7. The minimum Gasteiger partial charge on any atom is -0.494 e. The van der Waals surface area contributed by atoms with E-state index in [9.17, 15) is 8.78 Å². The first-order chi connectivity index (χ1) is 13.1. The number of benzene rings is 1. The van der Waals surface area contributed by atoms with E-state index in [1.54, 1.807) is 18.2 Å². The first-order valence-corrected chi connectivity index (χ1v) is 8.67. The normalized spacial score (nSPS) is 14.9. The maximum atomic E-state index is 13.7. The molecule has 4 rings (SSSR count). The lowest BCUT2D eigenvalue weighted by molar-refractivity contribution is 0.122. The van der Waals surface area contributed by atoms with Gasteiger partial charge in [0.25, 0.3) is 6.43 Å². The van der Waals surface area contributed by atoms with Gasteiger partial charge in [-0.25, -0.2) is 18.7 Å². The fourth-order valence-electron chi connectivity index (χ4n) is 3.06. The summed E-state index contributed by atoms with van der Waals surface area (Å²) in [6.45, 7) is 2.28. The SMILES string of the molecule is COc1cccc2c1nc(C(F)F)n2-c1cc(Cl)nc(N2CCOCC2)n1. The molecule has 0 atom stereocenters. The summed E-state index contributed by atoms with van der Waals surface area (Å²) in [7, 11) is 1.47. The van der Waals surface area contributed by atoms with Gasteiger partial charge in [-0.15, -0.1) is 0 Å². The van der Waals surface area contributed by atoms with Gasteiger partial charge in [0.1, 0.15) is 22.2 Å². The zero-order valence-corrected chi connectivity index (χ0v) is 15.2. The molecule has 1 aliphatic heterocycles. The molecule has 1 fully saturated rings. The number of fused-ring (bicyclic) bond motifs is 1. The van der Waals surface area contributed by atoms with Crippen LogP contribution in [0.2, 0.25) is 5.15 Å². The summed E-state index contributed by atoms with van der Waals surface area (Å²) < 4.78 is 39.3. The van der Waals surface area contributed by atoms with Crippen LogP contribution in [0.15, 0.2) is 24.3 Å². The van der Waals surface area contributed by atoms with Crippen molar-refractivity contribution >= 4 is 28.6 Å². The van der Waals surface area contributed by atoms with Crippen molar-refractivity contribution in [2.75, 3.05) is 38.3 Å². The first-order valence-electron chi connectivity index (χ1n) is 8.29. The Morgan fingerprint density at radius 1 is 1.19 bits per heavy atom. The van der Waals surface area contributed by atoms with Crippen molar-refractivity contribution in [2.45, 2.75) is 6.43 Å². The second-order valence-corrected chi connectivity index (χ2v) is 6.27. The van der Waals surface area contributed by atoms with Gasteiger partial charge in [-0.1, -0.05) is 17.7 Å². The molecule has 7 nitrogen and oxygen atoms in total. The zero-order valence-electron chi connectivity index (χ0n) is 14.4. The summed E-state index contributed by atoms with van der Waals surface area (Å²) >= 11 is 6.17. The van der Waals surface area contributed by atoms with E-state index in [0.29, 0.717) is 49.0 Å². The van der Waals surface area contributed by atoms with E-state index in [0.717, 1.165) is 0 Å². The molecule has 1 aliphatic rings. The molecule has 0 radical (unpaired) electrons. The summed E-state index contributed by atoms with van der Waals surface area (Å²) in [5.74, 6) is 0.562. The van der Waals surface area contributed by atoms with Crippen LogP contribution in [0.1, 0.15) is 12.2 Å². The molecule has 0 N–H and O–H groups in total. The highest BCUT2D eigenvalue weighted by Crippen LogP contribution is 2.32. The summed E-state index contributed by atoms with van der Waals surface area (Å²) in [6, 6.07) is 6.50. The van der Waals surface area contributed by atoms with E-state index >= 15 is 0 Å². The molecule has 0 unspecified atom stereocenters. The van der Waals surface area contributed by atoms with E-state index in [1.165, 1.54) is 17.7 Å². The Morgan fingerprint density at radius 3 is 2.67 bits per heavy atom. The van der Waals surface area contributed by atoms with Gasteiger partial charge in [0.2, 0.25) is 5.95 Å². The summed E-state index contributed by atoms with van der Waals surface area (Å²) in [6.07, 6.45) is -2.80. The van der Waals surface area contributed by atoms with Crippen molar-refractivity contribution in [3.05, 3.63) is 35.2 Å². The predicted molar refractivity (Wildman–Crippen MR) is 96.2 cm³/mol. The van der Waals surface area contributed by atoms with Crippen molar-refractivity contribution in [1.29, 1.82) is 0 Å². The lowest BCUT2D eigenvalue weighted by Crippen LogP contribution is -2.37. The highest BCUT2D eigenvalue weighted by atomic mass is 35.5. The lowest BCUT2D eigenvalue weighted by atomic mass is 10.3. The van der Waals surface area contributed by atoms with E-state index in [2.05, 4.69) is 15.0 Å². The number of anilines is 1. The van der Waals surface area contributed by atoms with E-state index in [1.807, 2.05) is 4.90 Å². The number of alkyl halides is 2. The number of rotatable bonds is 4. The number of hydrogen-bond donors (Lipinski definition) is 0. The standard InChI is InChI=1S/C17H16ClF2N5O2/c1-26-11-4-2-3-10-14(11)23-16(15(19)20)25(10)13-9-12(18)21-17(22-13)24-5-7-27-8-6-24/h2-4,9,15H,5-8H2,1H3. The average molecular weight is 396 g/mol. The van der Waals surface area contributed by atoms with Gasteiger partial charge in [-0.3, -0.25) is 4.57 Å². The molecule has 0 aliphatic carbocycles. The van der Waals surface area contributed by atoms with Crippen LogP contribution < -0.4 is 9.64 Å². The quantitative estimate of drug-likeness (QED) is 0.632. The largest absolute Gasteiger partial charge is 0.494 e. The van der Waals surface area contributed by atoms with Crippen LogP contribution in [-0.2, 0) is 4.74 Å². The number of imidazole rings is 1. The third-order valence-corrected chi connectivity index (χ3v) is 4.48. The Balaban J connectivity index is 1.91. The van der Waals surface area contributed by atoms with Crippen LogP contribution in [0.3, 0.4) is 0 Å². The molecule has 0 bridgehead atoms. The van der Waals surface area contributed by atoms with Gasteiger partial charge in [-0.05, 0) is 12.1 Å². The number of halogens is 3. The molecule has 0 spiro atoms. The predicted octanol–water partition coefficient (Wildman–Crippen LogP) is 3.25. The van der Waals surface area contributed by atoms with Crippen molar-refractivity contribution < 1.29 is 18.3 Å². The molecule has 2 aromatic heterocycles. The van der Waals surface area contributed by atoms with Gasteiger partial charge in [0.15, 0.2) is 5.82 Å². The average Bonchev–Trinajstić information content (AvgIpc) is 3.08. The highest BCUT2D eigenvalue weighted by Gasteiger charge is 2.24. The van der Waals surface area contributed by atoms with E-state index in [-0.39, 0.29) is 11.0 Å². The Labute approximate surface area is 158 Å². The zero-order chi connectivity index (χ0) is 19.0. The minimum atomic E-state index is -2.80. The number of hydrogen-bond acceptors (Lipinski definition) is 6. The third kappa shape index (κ3) is 3.28. The van der Waals surface area contributed by atoms with Crippen LogP contribution in [0.25, 0.3) is 16.9 Å². The van der Waals surface area contributed by atoms with Crippen molar-refractivity contribution in [3.63, 3.8) is 0 Å². The number of morpholine rings is 1. The van der Waals surface area contributed by atoms with Crippen molar-refractivity contribution in [1.82, 2.24) is 19.5 Å². The highest BCUT2D eigenvalue weighted by molar-refractivity contribution is 6.29. The Bertz CT molecular complexity index is 975. The van der Waals surface area contributed by atoms with E-state index in [4.69, 9.17) is 21.1 Å². The smallest absolute Gasteiger partial charge is 0.296 e. The molecule has 27 heavy (non-hydrogen) atoms. The second-order valence-electron chi connectivity index (χ2n) is 5.88. The van der Waals surface area contributed by atoms with Crippen molar-refractivity contribution in [2.24, 2.45) is 0 Å². The van der Waals surface area contributed by atoms with Gasteiger partial charge < -0.3 is 14.4 Å². The molecule has 0 amide bonds. The topological polar surface area (TPSA) is 65.3 Å². The van der Waals surface area contributed by atoms with E-state index < -0.39 is 12.2 Å². The monoisotopic (exact) mass is 395 g/mol. The number of ether oxygens (including phenoxy) is 2. The van der Waals surface area contributed by atoms with Crippen LogP contribution in [0.5, 0.6) is 5.75 Å². The third-order valence-electron chi connectivity index (χ3n) is 4.28. The summed E-state index contributed by atoms with van der Waals surface area (Å²) in [4.78, 5) is 14.7. The number of aromatic nitrogens is 4. The Kier molecular flexibility index (Phi) is 4.79. The van der Waals surface area contributed by atoms with Gasteiger partial charge in [0, 0.05) is 19.2 Å². The van der Waals surface area contributed by atoms with Crippen LogP contribution >= 0.6 is 11.6 Å². The minimum absolute atomic E-state index is 0.159. The molecule has 3 aromatic rings. The number of para-hydroxylation sites is 1. The molecule has 3 heterocycles. The van der Waals surface area contributed by atoms with Gasteiger partial charge in [0.05, 0.1) is 25.8 Å². The second kappa shape index (κ2) is 7.24. The summed E-state index contributed by atoms with van der Waals surface area (Å²) in [5, 5.41) is 0.159. The van der Waals surface area contributed by atoms with Crippen LogP contribution in [0, 0.1) is 0 Å². The molecular formula is C17H16ClF2N5O2.